The average molecular weight is 506 g/mol. The van der Waals surface area contributed by atoms with Gasteiger partial charge in [0.05, 0.1) is 11.1 Å². The fraction of sp³-hybridized carbons (Fsp3) is 0.136. The minimum absolute atomic E-state index is 0.0706. The molecule has 1 amide bonds. The van der Waals surface area contributed by atoms with Crippen LogP contribution < -0.4 is 11.0 Å². The number of rotatable bonds is 6. The molecule has 0 saturated carbocycles. The summed E-state index contributed by atoms with van der Waals surface area (Å²) in [5.41, 5.74) is 4.68. The van der Waals surface area contributed by atoms with Crippen molar-refractivity contribution in [1.82, 2.24) is 9.66 Å². The second kappa shape index (κ2) is 9.58. The van der Waals surface area contributed by atoms with Crippen molar-refractivity contribution in [1.29, 1.82) is 0 Å². The summed E-state index contributed by atoms with van der Waals surface area (Å²) < 4.78 is 14.4. The molecule has 32 heavy (non-hydrogen) atoms. The quantitative estimate of drug-likeness (QED) is 0.320. The van der Waals surface area contributed by atoms with Gasteiger partial charge in [0.15, 0.2) is 0 Å². The number of nitrogens with one attached hydrogen (secondary N) is 2. The third-order valence-electron chi connectivity index (χ3n) is 4.73. The van der Waals surface area contributed by atoms with Crippen LogP contribution in [0.2, 0.25) is 5.02 Å². The van der Waals surface area contributed by atoms with E-state index in [1.54, 1.807) is 6.07 Å². The number of nitrogens with zero attached hydrogens (tertiary/aromatic N) is 1. The molecule has 0 aliphatic heterocycles. The van der Waals surface area contributed by atoms with Crippen LogP contribution in [0.1, 0.15) is 10.4 Å². The largest absolute Gasteiger partial charge is 0.322 e. The van der Waals surface area contributed by atoms with Crippen molar-refractivity contribution in [3.63, 3.8) is 0 Å². The van der Waals surface area contributed by atoms with Crippen molar-refractivity contribution < 1.29 is 9.18 Å². The molecule has 0 atom stereocenters. The molecule has 0 radical (unpaired) electrons. The van der Waals surface area contributed by atoms with Crippen LogP contribution in [0.25, 0.3) is 21.3 Å². The van der Waals surface area contributed by atoms with Crippen LogP contribution in [-0.4, -0.2) is 21.3 Å². The number of aromatic nitrogens is 2. The van der Waals surface area contributed by atoms with E-state index in [0.29, 0.717) is 21.0 Å². The highest BCUT2D eigenvalue weighted by Crippen LogP contribution is 2.35. The number of hydrogen-bond acceptors (Lipinski definition) is 5. The van der Waals surface area contributed by atoms with Crippen molar-refractivity contribution in [3.8, 4) is 11.1 Å². The Morgan fingerprint density at radius 3 is 2.75 bits per heavy atom. The lowest BCUT2D eigenvalue weighted by molar-refractivity contribution is -0.114. The van der Waals surface area contributed by atoms with Crippen LogP contribution in [0.5, 0.6) is 0 Å². The number of amides is 1. The minimum atomic E-state index is -0.413. The first-order chi connectivity index (χ1) is 15.3. The van der Waals surface area contributed by atoms with Gasteiger partial charge in [0.1, 0.15) is 10.6 Å². The summed E-state index contributed by atoms with van der Waals surface area (Å²) in [5.74, 6) is -0.303. The zero-order valence-corrected chi connectivity index (χ0v) is 20.0. The van der Waals surface area contributed by atoms with Crippen LogP contribution in [0.15, 0.2) is 53.3 Å². The third-order valence-corrected chi connectivity index (χ3v) is 7.37. The van der Waals surface area contributed by atoms with Crippen molar-refractivity contribution in [3.05, 3.63) is 84.9 Å². The van der Waals surface area contributed by atoms with Gasteiger partial charge in [-0.3, -0.25) is 15.0 Å². The Hall–Kier alpha value is -2.46. The Morgan fingerprint density at radius 1 is 1.28 bits per heavy atom. The highest BCUT2D eigenvalue weighted by Gasteiger charge is 2.18. The van der Waals surface area contributed by atoms with Crippen molar-refractivity contribution in [2.45, 2.75) is 12.7 Å². The second-order valence-corrected chi connectivity index (χ2v) is 9.94. The summed E-state index contributed by atoms with van der Waals surface area (Å²) in [6.07, 6.45) is 0. The topological polar surface area (TPSA) is 66.9 Å². The predicted octanol–water partition coefficient (Wildman–Crippen LogP) is 5.89. The smallest absolute Gasteiger partial charge is 0.282 e. The number of hydrogen-bond donors (Lipinski definition) is 2. The van der Waals surface area contributed by atoms with Gasteiger partial charge in [0, 0.05) is 21.2 Å². The number of benzene rings is 2. The lowest BCUT2D eigenvalue weighted by Crippen LogP contribution is -2.35. The second-order valence-electron chi connectivity index (χ2n) is 6.94. The first-order valence-electron chi connectivity index (χ1n) is 9.50. The summed E-state index contributed by atoms with van der Waals surface area (Å²) in [6.45, 7) is 1.95. The molecule has 0 fully saturated rings. The number of aryl methyl sites for hydroxylation is 1. The number of aromatic amines is 1. The lowest BCUT2D eigenvalue weighted by Gasteiger charge is -2.10. The minimum Gasteiger partial charge on any atom is -0.322 e. The number of halogens is 2. The third kappa shape index (κ3) is 4.66. The van der Waals surface area contributed by atoms with Crippen LogP contribution >= 0.6 is 46.9 Å². The molecule has 0 unspecified atom stereocenters. The predicted molar refractivity (Wildman–Crippen MR) is 133 cm³/mol. The number of H-pyrrole nitrogens is 1. The molecule has 0 aliphatic carbocycles. The number of carbonyl (C=O) groups excluding carboxylic acids is 1. The summed E-state index contributed by atoms with van der Waals surface area (Å²) >= 11 is 14.1. The maximum Gasteiger partial charge on any atom is 0.282 e. The normalized spacial score (nSPS) is 11.1. The maximum absolute atomic E-state index is 13.3. The van der Waals surface area contributed by atoms with Gasteiger partial charge in [-0.15, -0.1) is 23.1 Å². The molecule has 0 aliphatic rings. The van der Waals surface area contributed by atoms with Gasteiger partial charge < -0.3 is 4.98 Å². The van der Waals surface area contributed by atoms with Gasteiger partial charge in [-0.1, -0.05) is 48.0 Å². The number of fused-ring (bicyclic) bond motifs is 1. The fourth-order valence-electron chi connectivity index (χ4n) is 3.30. The van der Waals surface area contributed by atoms with E-state index >= 15 is 0 Å². The average Bonchev–Trinajstić information content (AvgIpc) is 3.09. The van der Waals surface area contributed by atoms with Crippen LogP contribution in [0.3, 0.4) is 0 Å². The summed E-state index contributed by atoms with van der Waals surface area (Å²) in [7, 11) is 0. The highest BCUT2D eigenvalue weighted by molar-refractivity contribution is 7.99. The van der Waals surface area contributed by atoms with Crippen LogP contribution in [0, 0.1) is 17.5 Å². The molecular formula is C22H17ClFN3O2S3. The van der Waals surface area contributed by atoms with Crippen molar-refractivity contribution >= 4 is 63.0 Å². The zero-order valence-electron chi connectivity index (χ0n) is 16.8. The SMILES string of the molecule is Cc1sc2[nH]c(=S)n(NC(=O)CSCc3ccc(F)cc3Cl)c(=O)c2c1-c1ccccc1. The summed E-state index contributed by atoms with van der Waals surface area (Å²) in [5, 5.41) is 0.793. The number of thioether (sulfide) groups is 1. The molecule has 5 nitrogen and oxygen atoms in total. The van der Waals surface area contributed by atoms with Gasteiger partial charge in [-0.05, 0) is 42.4 Å². The lowest BCUT2D eigenvalue weighted by atomic mass is 10.0. The van der Waals surface area contributed by atoms with Gasteiger partial charge in [-0.25, -0.2) is 4.39 Å². The molecule has 10 heteroatoms. The number of carbonyl (C=O) groups is 1. The standard InChI is InChI=1S/C22H17ClFN3O2S3/c1-12-18(13-5-3-2-4-6-13)19-20(32-12)25-22(30)27(21(19)29)26-17(28)11-31-10-14-7-8-15(24)9-16(14)23/h2-9H,10-11H2,1H3,(H,25,30)(H,26,28). The monoisotopic (exact) mass is 505 g/mol. The molecule has 2 aromatic heterocycles. The van der Waals surface area contributed by atoms with Crippen molar-refractivity contribution in [2.75, 3.05) is 11.2 Å². The Labute approximate surface area is 201 Å². The van der Waals surface area contributed by atoms with Crippen LogP contribution in [-0.2, 0) is 10.5 Å². The van der Waals surface area contributed by atoms with E-state index in [9.17, 15) is 14.0 Å². The van der Waals surface area contributed by atoms with E-state index in [1.165, 1.54) is 35.2 Å². The van der Waals surface area contributed by atoms with Crippen molar-refractivity contribution in [2.24, 2.45) is 0 Å². The first-order valence-corrected chi connectivity index (χ1v) is 12.3. The zero-order chi connectivity index (χ0) is 22.8. The fourth-order valence-corrected chi connectivity index (χ4v) is 5.80. The molecule has 164 valence electrons. The van der Waals surface area contributed by atoms with Crippen LogP contribution in [0.4, 0.5) is 4.39 Å². The molecule has 4 rings (SSSR count). The molecule has 2 aromatic carbocycles. The maximum atomic E-state index is 13.3. The number of thiophene rings is 1. The van der Waals surface area contributed by atoms with Gasteiger partial charge in [0.2, 0.25) is 10.7 Å². The van der Waals surface area contributed by atoms with Gasteiger partial charge in [-0.2, -0.15) is 4.68 Å². The Morgan fingerprint density at radius 2 is 2.03 bits per heavy atom. The molecular weight excluding hydrogens is 489 g/mol. The van der Waals surface area contributed by atoms with E-state index in [-0.39, 0.29) is 22.0 Å². The Kier molecular flexibility index (Phi) is 6.80. The molecule has 0 bridgehead atoms. The van der Waals surface area contributed by atoms with Gasteiger partial charge in [0.25, 0.3) is 5.56 Å². The molecule has 2 N–H and O–H groups in total. The van der Waals surface area contributed by atoms with E-state index in [1.807, 2.05) is 37.3 Å². The highest BCUT2D eigenvalue weighted by atomic mass is 35.5. The summed E-state index contributed by atoms with van der Waals surface area (Å²) in [6, 6.07) is 13.8. The van der Waals surface area contributed by atoms with E-state index in [4.69, 9.17) is 23.8 Å². The molecule has 2 heterocycles. The first kappa shape index (κ1) is 22.7. The Balaban J connectivity index is 1.57. The van der Waals surface area contributed by atoms with E-state index < -0.39 is 5.82 Å². The molecule has 0 saturated heterocycles. The van der Waals surface area contributed by atoms with E-state index in [2.05, 4.69) is 10.4 Å². The Bertz CT molecular complexity index is 1430. The summed E-state index contributed by atoms with van der Waals surface area (Å²) in [4.78, 5) is 30.5. The van der Waals surface area contributed by atoms with E-state index in [0.717, 1.165) is 26.2 Å². The van der Waals surface area contributed by atoms with Gasteiger partial charge >= 0.3 is 0 Å². The molecule has 4 aromatic rings. The molecule has 0 spiro atoms.